The molecule has 0 radical (unpaired) electrons. The number of ether oxygens (including phenoxy) is 1. The van der Waals surface area contributed by atoms with Gasteiger partial charge in [-0.05, 0) is 49.7 Å². The molecule has 126 valence electrons. The number of nitrogens with zero attached hydrogens (tertiary/aromatic N) is 4. The molecule has 0 spiro atoms. The first-order valence-corrected chi connectivity index (χ1v) is 8.68. The third kappa shape index (κ3) is 3.95. The number of rotatable bonds is 7. The number of aryl methyl sites for hydroxylation is 1. The van der Waals surface area contributed by atoms with Crippen molar-refractivity contribution in [3.8, 4) is 0 Å². The summed E-state index contributed by atoms with van der Waals surface area (Å²) in [5.41, 5.74) is 3.33. The molecule has 0 saturated carbocycles. The maximum absolute atomic E-state index is 5.11. The number of hydrogen-bond donors (Lipinski definition) is 0. The molecule has 0 N–H and O–H groups in total. The topological polar surface area (TPSA) is 43.2 Å². The van der Waals surface area contributed by atoms with Gasteiger partial charge in [-0.3, -0.25) is 4.98 Å². The average molecular weight is 342 g/mol. The number of methoxy groups -OCH3 is 1. The first-order valence-electron chi connectivity index (χ1n) is 7.91. The minimum Gasteiger partial charge on any atom is -0.383 e. The molecule has 0 aliphatic rings. The van der Waals surface area contributed by atoms with Crippen LogP contribution in [0.4, 0.5) is 0 Å². The summed E-state index contributed by atoms with van der Waals surface area (Å²) in [5.74, 6) is 1.01. The average Bonchev–Trinajstić information content (AvgIpc) is 2.90. The number of likely N-dealkylation sites (N-methyl/N-ethyl adjacent to an activating group) is 1. The van der Waals surface area contributed by atoms with Crippen LogP contribution in [0.25, 0.3) is 11.0 Å². The Balaban J connectivity index is 1.71. The molecule has 0 aliphatic carbocycles. The van der Waals surface area contributed by atoms with Crippen LogP contribution in [0.2, 0.25) is 0 Å². The molecule has 0 unspecified atom stereocenters. The van der Waals surface area contributed by atoms with E-state index in [1.54, 1.807) is 19.1 Å². The Labute approximate surface area is 146 Å². The molecule has 0 fully saturated rings. The maximum atomic E-state index is 5.11. The van der Waals surface area contributed by atoms with E-state index in [9.17, 15) is 0 Å². The summed E-state index contributed by atoms with van der Waals surface area (Å²) in [5, 5.41) is 0. The predicted molar refractivity (Wildman–Crippen MR) is 98.2 cm³/mol. The third-order valence-corrected chi connectivity index (χ3v) is 4.85. The van der Waals surface area contributed by atoms with Gasteiger partial charge < -0.3 is 9.30 Å². The highest BCUT2D eigenvalue weighted by Gasteiger charge is 2.08. The second kappa shape index (κ2) is 7.79. The second-order valence-corrected chi connectivity index (χ2v) is 6.97. The fourth-order valence-corrected chi connectivity index (χ4v) is 3.37. The molecule has 0 saturated heterocycles. The minimum absolute atomic E-state index is 0.740. The van der Waals surface area contributed by atoms with E-state index in [2.05, 4.69) is 50.2 Å². The number of fused-ring (bicyclic) bond motifs is 1. The molecule has 2 aromatic heterocycles. The Kier molecular flexibility index (Phi) is 5.50. The van der Waals surface area contributed by atoms with E-state index in [-0.39, 0.29) is 0 Å². The van der Waals surface area contributed by atoms with Gasteiger partial charge in [-0.15, -0.1) is 0 Å². The number of hydrogen-bond acceptors (Lipinski definition) is 5. The Morgan fingerprint density at radius 1 is 1.21 bits per heavy atom. The molecule has 0 atom stereocenters. The standard InChI is InChI=1S/C18H22N4OS/c1-14-20-17-12-19-9-8-18(17)22(14)13-15-4-6-16(7-5-15)24-21(2)10-11-23-3/h4-9,12H,10-11,13H2,1-3H3. The summed E-state index contributed by atoms with van der Waals surface area (Å²) >= 11 is 1.73. The zero-order valence-corrected chi connectivity index (χ0v) is 15.1. The lowest BCUT2D eigenvalue weighted by Crippen LogP contribution is -2.14. The van der Waals surface area contributed by atoms with Crippen molar-refractivity contribution in [2.24, 2.45) is 0 Å². The lowest BCUT2D eigenvalue weighted by molar-refractivity contribution is 0.188. The molecule has 2 heterocycles. The van der Waals surface area contributed by atoms with E-state index in [1.165, 1.54) is 10.5 Å². The van der Waals surface area contributed by atoms with E-state index in [0.29, 0.717) is 0 Å². The van der Waals surface area contributed by atoms with E-state index in [0.717, 1.165) is 36.6 Å². The first-order chi connectivity index (χ1) is 11.7. The molecule has 0 bridgehead atoms. The van der Waals surface area contributed by atoms with Crippen LogP contribution in [0.1, 0.15) is 11.4 Å². The minimum atomic E-state index is 0.740. The van der Waals surface area contributed by atoms with E-state index < -0.39 is 0 Å². The zero-order chi connectivity index (χ0) is 16.9. The van der Waals surface area contributed by atoms with Crippen molar-refractivity contribution >= 4 is 23.0 Å². The van der Waals surface area contributed by atoms with Crippen LogP contribution in [0, 0.1) is 6.92 Å². The molecule has 3 rings (SSSR count). The van der Waals surface area contributed by atoms with Crippen LogP contribution in [-0.4, -0.2) is 46.1 Å². The molecule has 0 aliphatic heterocycles. The van der Waals surface area contributed by atoms with Crippen LogP contribution in [0.5, 0.6) is 0 Å². The summed E-state index contributed by atoms with van der Waals surface area (Å²) in [4.78, 5) is 9.95. The van der Waals surface area contributed by atoms with Gasteiger partial charge in [0.25, 0.3) is 0 Å². The van der Waals surface area contributed by atoms with Gasteiger partial charge in [0.05, 0.1) is 18.3 Å². The number of aromatic nitrogens is 3. The number of benzene rings is 1. The lowest BCUT2D eigenvalue weighted by Gasteiger charge is -2.15. The van der Waals surface area contributed by atoms with Gasteiger partial charge in [0, 0.05) is 31.3 Å². The lowest BCUT2D eigenvalue weighted by atomic mass is 10.2. The van der Waals surface area contributed by atoms with E-state index >= 15 is 0 Å². The Morgan fingerprint density at radius 2 is 2.00 bits per heavy atom. The maximum Gasteiger partial charge on any atom is 0.107 e. The van der Waals surface area contributed by atoms with Gasteiger partial charge in [0.1, 0.15) is 11.3 Å². The summed E-state index contributed by atoms with van der Waals surface area (Å²) in [6, 6.07) is 10.7. The normalized spacial score (nSPS) is 11.5. The van der Waals surface area contributed by atoms with Crippen LogP contribution >= 0.6 is 11.9 Å². The monoisotopic (exact) mass is 342 g/mol. The van der Waals surface area contributed by atoms with Crippen molar-refractivity contribution in [3.63, 3.8) is 0 Å². The van der Waals surface area contributed by atoms with Crippen molar-refractivity contribution < 1.29 is 4.74 Å². The highest BCUT2D eigenvalue weighted by atomic mass is 32.2. The highest BCUT2D eigenvalue weighted by Crippen LogP contribution is 2.22. The molecule has 5 nitrogen and oxygen atoms in total. The largest absolute Gasteiger partial charge is 0.383 e. The summed E-state index contributed by atoms with van der Waals surface area (Å²) in [7, 11) is 3.80. The van der Waals surface area contributed by atoms with Gasteiger partial charge >= 0.3 is 0 Å². The Hall–Kier alpha value is -1.89. The molecular formula is C18H22N4OS. The van der Waals surface area contributed by atoms with Gasteiger partial charge in [0.2, 0.25) is 0 Å². The van der Waals surface area contributed by atoms with Crippen LogP contribution < -0.4 is 0 Å². The molecule has 0 amide bonds. The van der Waals surface area contributed by atoms with Gasteiger partial charge in [-0.25, -0.2) is 9.29 Å². The summed E-state index contributed by atoms with van der Waals surface area (Å²) in [6.45, 7) is 4.49. The molecular weight excluding hydrogens is 320 g/mol. The van der Waals surface area contributed by atoms with Crippen molar-refractivity contribution in [1.29, 1.82) is 0 Å². The van der Waals surface area contributed by atoms with E-state index in [4.69, 9.17) is 4.74 Å². The second-order valence-electron chi connectivity index (χ2n) is 5.69. The van der Waals surface area contributed by atoms with Crippen molar-refractivity contribution in [2.45, 2.75) is 18.4 Å². The van der Waals surface area contributed by atoms with Gasteiger partial charge in [-0.2, -0.15) is 0 Å². The van der Waals surface area contributed by atoms with Crippen molar-refractivity contribution in [3.05, 3.63) is 54.1 Å². The summed E-state index contributed by atoms with van der Waals surface area (Å²) < 4.78 is 9.51. The Morgan fingerprint density at radius 3 is 2.75 bits per heavy atom. The van der Waals surface area contributed by atoms with E-state index in [1.807, 2.05) is 25.4 Å². The fraction of sp³-hybridized carbons (Fsp3) is 0.333. The van der Waals surface area contributed by atoms with Crippen LogP contribution in [0.15, 0.2) is 47.6 Å². The molecule has 3 aromatic rings. The highest BCUT2D eigenvalue weighted by molar-refractivity contribution is 7.97. The fourth-order valence-electron chi connectivity index (χ4n) is 2.59. The van der Waals surface area contributed by atoms with Crippen LogP contribution in [-0.2, 0) is 11.3 Å². The zero-order valence-electron chi connectivity index (χ0n) is 14.3. The van der Waals surface area contributed by atoms with Gasteiger partial charge in [-0.1, -0.05) is 12.1 Å². The van der Waals surface area contributed by atoms with Crippen LogP contribution in [0.3, 0.4) is 0 Å². The number of pyridine rings is 1. The third-order valence-electron chi connectivity index (χ3n) is 3.88. The van der Waals surface area contributed by atoms with Gasteiger partial charge in [0.15, 0.2) is 0 Å². The van der Waals surface area contributed by atoms with Crippen molar-refractivity contribution in [1.82, 2.24) is 18.8 Å². The van der Waals surface area contributed by atoms with Crippen molar-refractivity contribution in [2.75, 3.05) is 27.3 Å². The predicted octanol–water partition coefficient (Wildman–Crippen LogP) is 3.37. The molecule has 24 heavy (non-hydrogen) atoms. The molecule has 1 aromatic carbocycles. The quantitative estimate of drug-likeness (QED) is 0.616. The number of imidazole rings is 1. The Bertz CT molecular complexity index is 800. The summed E-state index contributed by atoms with van der Waals surface area (Å²) in [6.07, 6.45) is 3.63. The first kappa shape index (κ1) is 17.0. The smallest absolute Gasteiger partial charge is 0.107 e. The molecule has 6 heteroatoms. The SMILES string of the molecule is COCCN(C)Sc1ccc(Cn2c(C)nc3cnccc32)cc1.